The Labute approximate surface area is 151 Å². The van der Waals surface area contributed by atoms with Crippen LogP contribution in [-0.2, 0) is 5.75 Å². The summed E-state index contributed by atoms with van der Waals surface area (Å²) in [7, 11) is 0. The minimum absolute atomic E-state index is 0.189. The number of aromatic amines is 1. The number of hydrogen-bond acceptors (Lipinski definition) is 4. The van der Waals surface area contributed by atoms with Gasteiger partial charge in [0, 0.05) is 0 Å². The van der Waals surface area contributed by atoms with E-state index in [0.29, 0.717) is 27.8 Å². The lowest BCUT2D eigenvalue weighted by Crippen LogP contribution is -2.12. The summed E-state index contributed by atoms with van der Waals surface area (Å²) in [6, 6.07) is 12.1. The number of halogens is 2. The van der Waals surface area contributed by atoms with E-state index in [2.05, 4.69) is 15.0 Å². The second-order valence-corrected chi connectivity index (χ2v) is 6.75. The molecule has 132 valence electrons. The molecule has 0 fully saturated rings. The summed E-state index contributed by atoms with van der Waals surface area (Å²) in [6.45, 7) is -0.821. The van der Waals surface area contributed by atoms with Crippen LogP contribution in [0.1, 0.15) is 17.9 Å². The molecule has 0 unspecified atom stereocenters. The van der Waals surface area contributed by atoms with Crippen LogP contribution >= 0.6 is 11.8 Å². The smallest absolute Gasteiger partial charge is 0.309 e. The van der Waals surface area contributed by atoms with E-state index >= 15 is 0 Å². The highest BCUT2D eigenvalue weighted by atomic mass is 32.2. The molecule has 5 nitrogen and oxygen atoms in total. The van der Waals surface area contributed by atoms with Crippen LogP contribution in [-0.4, -0.2) is 19.5 Å². The predicted octanol–water partition coefficient (Wildman–Crippen LogP) is 4.27. The maximum atomic E-state index is 13.5. The molecule has 0 amide bonds. The van der Waals surface area contributed by atoms with Gasteiger partial charge in [-0.15, -0.1) is 0 Å². The normalized spacial score (nSPS) is 11.7. The van der Waals surface area contributed by atoms with Crippen LogP contribution in [0.2, 0.25) is 0 Å². The molecule has 0 aliphatic heterocycles. The van der Waals surface area contributed by atoms with E-state index in [1.165, 1.54) is 0 Å². The molecule has 0 radical (unpaired) electrons. The molecule has 4 rings (SSSR count). The van der Waals surface area contributed by atoms with Gasteiger partial charge in [0.25, 0.3) is 5.56 Å². The summed E-state index contributed by atoms with van der Waals surface area (Å²) < 4.78 is 27.8. The molecule has 0 aliphatic rings. The molecule has 2 aromatic heterocycles. The molecule has 0 aliphatic carbocycles. The summed E-state index contributed by atoms with van der Waals surface area (Å²) in [5, 5.41) is 0.701. The number of aromatic nitrogens is 4. The fourth-order valence-electron chi connectivity index (χ4n) is 2.87. The van der Waals surface area contributed by atoms with E-state index in [-0.39, 0.29) is 16.5 Å². The van der Waals surface area contributed by atoms with Crippen molar-refractivity contribution in [3.63, 3.8) is 0 Å². The Morgan fingerprint density at radius 1 is 1.15 bits per heavy atom. The predicted molar refractivity (Wildman–Crippen MR) is 97.6 cm³/mol. The first-order valence-electron chi connectivity index (χ1n) is 7.91. The molecular weight excluding hydrogens is 358 g/mol. The molecule has 0 atom stereocenters. The zero-order chi connectivity index (χ0) is 18.3. The Bertz CT molecular complexity index is 1170. The van der Waals surface area contributed by atoms with Gasteiger partial charge in [0.2, 0.25) is 0 Å². The van der Waals surface area contributed by atoms with E-state index in [9.17, 15) is 13.6 Å². The third kappa shape index (κ3) is 2.86. The van der Waals surface area contributed by atoms with Gasteiger partial charge < -0.3 is 4.98 Å². The van der Waals surface area contributed by atoms with Gasteiger partial charge in [-0.25, -0.2) is 9.97 Å². The van der Waals surface area contributed by atoms with Crippen molar-refractivity contribution in [2.24, 2.45) is 0 Å². The molecule has 0 saturated heterocycles. The number of benzene rings is 2. The zero-order valence-corrected chi connectivity index (χ0v) is 14.6. The number of para-hydroxylation sites is 3. The van der Waals surface area contributed by atoms with Gasteiger partial charge in [0.1, 0.15) is 5.82 Å². The van der Waals surface area contributed by atoms with Crippen molar-refractivity contribution in [3.8, 4) is 0 Å². The van der Waals surface area contributed by atoms with Gasteiger partial charge in [-0.1, -0.05) is 36.0 Å². The van der Waals surface area contributed by atoms with E-state index in [1.807, 2.05) is 13.0 Å². The van der Waals surface area contributed by atoms with E-state index in [1.54, 1.807) is 36.4 Å². The molecule has 2 heterocycles. The first kappa shape index (κ1) is 16.7. The van der Waals surface area contributed by atoms with Crippen molar-refractivity contribution in [1.82, 2.24) is 19.5 Å². The summed E-state index contributed by atoms with van der Waals surface area (Å²) in [6.07, 6.45) is 0. The fourth-order valence-corrected chi connectivity index (χ4v) is 3.75. The SMILES string of the molecule is Cc1cccc2c(=O)[nH]c(CSc3nc4ccccc4n3C(F)F)nc12. The van der Waals surface area contributed by atoms with Crippen LogP contribution in [0, 0.1) is 6.92 Å². The number of aryl methyl sites for hydroxylation is 1. The van der Waals surface area contributed by atoms with Gasteiger partial charge in [-0.05, 0) is 30.7 Å². The highest BCUT2D eigenvalue weighted by Crippen LogP contribution is 2.30. The monoisotopic (exact) mass is 372 g/mol. The molecule has 1 N–H and O–H groups in total. The van der Waals surface area contributed by atoms with Crippen molar-refractivity contribution in [1.29, 1.82) is 0 Å². The maximum Gasteiger partial charge on any atom is 0.321 e. The minimum Gasteiger partial charge on any atom is -0.309 e. The Balaban J connectivity index is 1.71. The van der Waals surface area contributed by atoms with Crippen LogP contribution in [0.4, 0.5) is 8.78 Å². The minimum atomic E-state index is -2.70. The van der Waals surface area contributed by atoms with Gasteiger partial charge in [0.05, 0.1) is 27.7 Å². The van der Waals surface area contributed by atoms with Crippen LogP contribution in [0.15, 0.2) is 52.4 Å². The van der Waals surface area contributed by atoms with E-state index < -0.39 is 6.55 Å². The molecule has 4 aromatic rings. The first-order chi connectivity index (χ1) is 12.5. The second-order valence-electron chi connectivity index (χ2n) is 5.80. The molecule has 0 bridgehead atoms. The van der Waals surface area contributed by atoms with Crippen molar-refractivity contribution < 1.29 is 8.78 Å². The standard InChI is InChI=1S/C18H14F2N4OS/c1-10-5-4-6-11-15(10)22-14(23-16(11)25)9-26-18-21-12-7-2-3-8-13(12)24(18)17(19)20/h2-8,17H,9H2,1H3,(H,22,23,25). The Morgan fingerprint density at radius 2 is 1.96 bits per heavy atom. The number of nitrogens with zero attached hydrogens (tertiary/aromatic N) is 3. The van der Waals surface area contributed by atoms with Crippen LogP contribution < -0.4 is 5.56 Å². The topological polar surface area (TPSA) is 63.6 Å². The average Bonchev–Trinajstić information content (AvgIpc) is 2.99. The molecule has 26 heavy (non-hydrogen) atoms. The number of nitrogens with one attached hydrogen (secondary N) is 1. The van der Waals surface area contributed by atoms with Gasteiger partial charge >= 0.3 is 6.55 Å². The average molecular weight is 372 g/mol. The number of fused-ring (bicyclic) bond motifs is 2. The fraction of sp³-hybridized carbons (Fsp3) is 0.167. The first-order valence-corrected chi connectivity index (χ1v) is 8.89. The number of alkyl halides is 2. The molecule has 0 spiro atoms. The number of imidazole rings is 1. The van der Waals surface area contributed by atoms with Crippen molar-refractivity contribution in [2.75, 3.05) is 0 Å². The number of thioether (sulfide) groups is 1. The van der Waals surface area contributed by atoms with Crippen LogP contribution in [0.25, 0.3) is 21.9 Å². The molecule has 0 saturated carbocycles. The second kappa shape index (κ2) is 6.53. The summed E-state index contributed by atoms with van der Waals surface area (Å²) in [4.78, 5) is 23.7. The van der Waals surface area contributed by atoms with Crippen molar-refractivity contribution >= 4 is 33.7 Å². The van der Waals surface area contributed by atoms with Crippen LogP contribution in [0.5, 0.6) is 0 Å². The molecular formula is C18H14F2N4OS. The Hall–Kier alpha value is -2.74. The van der Waals surface area contributed by atoms with Crippen molar-refractivity contribution in [2.45, 2.75) is 24.4 Å². The zero-order valence-electron chi connectivity index (χ0n) is 13.7. The largest absolute Gasteiger partial charge is 0.321 e. The van der Waals surface area contributed by atoms with Gasteiger partial charge in [0.15, 0.2) is 5.16 Å². The Morgan fingerprint density at radius 3 is 2.77 bits per heavy atom. The quantitative estimate of drug-likeness (QED) is 0.544. The lowest BCUT2D eigenvalue weighted by atomic mass is 10.1. The maximum absolute atomic E-state index is 13.5. The van der Waals surface area contributed by atoms with E-state index in [0.717, 1.165) is 21.9 Å². The van der Waals surface area contributed by atoms with Gasteiger partial charge in [-0.2, -0.15) is 8.78 Å². The van der Waals surface area contributed by atoms with Crippen LogP contribution in [0.3, 0.4) is 0 Å². The summed E-state index contributed by atoms with van der Waals surface area (Å²) in [5.41, 5.74) is 2.15. The van der Waals surface area contributed by atoms with Crippen molar-refractivity contribution in [3.05, 3.63) is 64.2 Å². The lowest BCUT2D eigenvalue weighted by Gasteiger charge is -2.08. The Kier molecular flexibility index (Phi) is 4.20. The number of rotatable bonds is 4. The lowest BCUT2D eigenvalue weighted by molar-refractivity contribution is 0.0656. The summed E-state index contributed by atoms with van der Waals surface area (Å²) >= 11 is 1.12. The highest BCUT2D eigenvalue weighted by molar-refractivity contribution is 7.98. The van der Waals surface area contributed by atoms with Gasteiger partial charge in [-0.3, -0.25) is 9.36 Å². The highest BCUT2D eigenvalue weighted by Gasteiger charge is 2.18. The van der Waals surface area contributed by atoms with E-state index in [4.69, 9.17) is 0 Å². The molecule has 2 aromatic carbocycles. The number of hydrogen-bond donors (Lipinski definition) is 1. The molecule has 8 heteroatoms. The number of H-pyrrole nitrogens is 1. The third-order valence-corrected chi connectivity index (χ3v) is 5.05. The third-order valence-electron chi connectivity index (χ3n) is 4.08. The summed E-state index contributed by atoms with van der Waals surface area (Å²) in [5.74, 6) is 0.657.